The van der Waals surface area contributed by atoms with Crippen molar-refractivity contribution in [1.82, 2.24) is 20.4 Å². The number of carbonyl (C=O) groups excluding carboxylic acids is 2. The summed E-state index contributed by atoms with van der Waals surface area (Å²) in [5.74, 6) is -1.29. The summed E-state index contributed by atoms with van der Waals surface area (Å²) in [5, 5.41) is 10.1. The van der Waals surface area contributed by atoms with Gasteiger partial charge in [0.25, 0.3) is 5.91 Å². The lowest BCUT2D eigenvalue weighted by Gasteiger charge is -2.08. The highest BCUT2D eigenvalue weighted by atomic mass is 19.1. The second-order valence-electron chi connectivity index (χ2n) is 8.09. The van der Waals surface area contributed by atoms with Crippen LogP contribution in [0, 0.1) is 18.6 Å². The van der Waals surface area contributed by atoms with Crippen molar-refractivity contribution < 1.29 is 18.4 Å². The molecule has 0 aliphatic heterocycles. The summed E-state index contributed by atoms with van der Waals surface area (Å²) in [7, 11) is 0. The lowest BCUT2D eigenvalue weighted by atomic mass is 10.1. The van der Waals surface area contributed by atoms with Crippen LogP contribution in [0.5, 0.6) is 0 Å². The molecule has 4 rings (SSSR count). The summed E-state index contributed by atoms with van der Waals surface area (Å²) in [6.45, 7) is 2.42. The Morgan fingerprint density at radius 1 is 0.829 bits per heavy atom. The second-order valence-corrected chi connectivity index (χ2v) is 8.09. The average Bonchev–Trinajstić information content (AvgIpc) is 3.30. The molecule has 0 saturated heterocycles. The molecule has 35 heavy (non-hydrogen) atoms. The van der Waals surface area contributed by atoms with E-state index in [-0.39, 0.29) is 43.0 Å². The van der Waals surface area contributed by atoms with Gasteiger partial charge in [-0.25, -0.2) is 13.5 Å². The van der Waals surface area contributed by atoms with Crippen LogP contribution >= 0.6 is 0 Å². The molecule has 2 amide bonds. The van der Waals surface area contributed by atoms with E-state index in [0.717, 1.165) is 11.1 Å². The number of aromatic nitrogens is 2. The molecule has 0 fully saturated rings. The van der Waals surface area contributed by atoms with Gasteiger partial charge in [-0.05, 0) is 48.9 Å². The van der Waals surface area contributed by atoms with Gasteiger partial charge >= 0.3 is 0 Å². The molecule has 0 aliphatic carbocycles. The van der Waals surface area contributed by atoms with Crippen molar-refractivity contribution in [3.05, 3.63) is 107 Å². The first kappa shape index (κ1) is 23.8. The zero-order valence-corrected chi connectivity index (χ0v) is 19.1. The van der Waals surface area contributed by atoms with E-state index in [0.29, 0.717) is 22.5 Å². The van der Waals surface area contributed by atoms with Crippen molar-refractivity contribution >= 4 is 11.8 Å². The number of benzene rings is 3. The number of hydrogen-bond acceptors (Lipinski definition) is 3. The molecule has 3 aromatic carbocycles. The van der Waals surface area contributed by atoms with Crippen LogP contribution in [0.3, 0.4) is 0 Å². The van der Waals surface area contributed by atoms with E-state index in [1.807, 2.05) is 31.2 Å². The van der Waals surface area contributed by atoms with Crippen molar-refractivity contribution in [3.63, 3.8) is 0 Å². The van der Waals surface area contributed by atoms with E-state index in [1.165, 1.54) is 28.9 Å². The van der Waals surface area contributed by atoms with Crippen LogP contribution in [0.15, 0.2) is 79.0 Å². The fourth-order valence-electron chi connectivity index (χ4n) is 3.51. The highest BCUT2D eigenvalue weighted by Gasteiger charge is 2.18. The van der Waals surface area contributed by atoms with E-state index in [9.17, 15) is 18.4 Å². The van der Waals surface area contributed by atoms with Gasteiger partial charge in [-0.2, -0.15) is 5.10 Å². The van der Waals surface area contributed by atoms with Crippen LogP contribution < -0.4 is 10.6 Å². The molecule has 1 aromatic heterocycles. The molecule has 8 heteroatoms. The smallest absolute Gasteiger partial charge is 0.255 e. The molecule has 1 heterocycles. The van der Waals surface area contributed by atoms with Crippen molar-refractivity contribution in [3.8, 4) is 16.9 Å². The van der Waals surface area contributed by atoms with E-state index in [1.54, 1.807) is 30.5 Å². The first-order valence-electron chi connectivity index (χ1n) is 11.1. The number of carbonyl (C=O) groups is 2. The summed E-state index contributed by atoms with van der Waals surface area (Å²) in [6, 6.07) is 19.2. The van der Waals surface area contributed by atoms with E-state index >= 15 is 0 Å². The minimum Gasteiger partial charge on any atom is -0.354 e. The van der Waals surface area contributed by atoms with Crippen LogP contribution in [0.1, 0.15) is 21.5 Å². The summed E-state index contributed by atoms with van der Waals surface area (Å²) in [4.78, 5) is 25.1. The third-order valence-corrected chi connectivity index (χ3v) is 5.39. The number of hydrogen-bond donors (Lipinski definition) is 2. The Morgan fingerprint density at radius 3 is 2.09 bits per heavy atom. The van der Waals surface area contributed by atoms with Gasteiger partial charge in [-0.15, -0.1) is 0 Å². The zero-order chi connectivity index (χ0) is 24.8. The van der Waals surface area contributed by atoms with E-state index in [2.05, 4.69) is 15.7 Å². The normalized spacial score (nSPS) is 10.7. The molecule has 0 saturated carbocycles. The average molecular weight is 475 g/mol. The topological polar surface area (TPSA) is 76.0 Å². The minimum atomic E-state index is -0.362. The number of nitrogens with one attached hydrogen (secondary N) is 2. The summed E-state index contributed by atoms with van der Waals surface area (Å²) >= 11 is 0. The highest BCUT2D eigenvalue weighted by molar-refractivity contribution is 6.00. The second kappa shape index (κ2) is 10.7. The van der Waals surface area contributed by atoms with E-state index < -0.39 is 0 Å². The molecule has 178 valence electrons. The van der Waals surface area contributed by atoms with Gasteiger partial charge in [-0.1, -0.05) is 42.0 Å². The molecule has 4 aromatic rings. The Bertz CT molecular complexity index is 1320. The molecule has 0 spiro atoms. The van der Waals surface area contributed by atoms with Gasteiger partial charge in [0.15, 0.2) is 0 Å². The van der Waals surface area contributed by atoms with Crippen molar-refractivity contribution in [1.29, 1.82) is 0 Å². The summed E-state index contributed by atoms with van der Waals surface area (Å²) < 4.78 is 27.9. The molecule has 0 aliphatic rings. The molecular formula is C27H24F2N4O2. The van der Waals surface area contributed by atoms with Crippen molar-refractivity contribution in [2.75, 3.05) is 13.1 Å². The fourth-order valence-corrected chi connectivity index (χ4v) is 3.51. The Kier molecular flexibility index (Phi) is 7.30. The maximum absolute atomic E-state index is 13.3. The summed E-state index contributed by atoms with van der Waals surface area (Å²) in [6.07, 6.45) is 1.72. The molecule has 6 nitrogen and oxygen atoms in total. The molecule has 0 unspecified atom stereocenters. The SMILES string of the molecule is Cc1ccc(-c2nn(-c3ccc(F)cc3)cc2C(=O)NCCNC(=O)Cc2ccc(F)cc2)cc1. The van der Waals surface area contributed by atoms with Crippen LogP contribution in [0.2, 0.25) is 0 Å². The van der Waals surface area contributed by atoms with Crippen molar-refractivity contribution in [2.45, 2.75) is 13.3 Å². The maximum Gasteiger partial charge on any atom is 0.255 e. The van der Waals surface area contributed by atoms with Gasteiger partial charge in [0.1, 0.15) is 17.3 Å². The maximum atomic E-state index is 13.3. The third kappa shape index (κ3) is 6.17. The van der Waals surface area contributed by atoms with Crippen LogP contribution in [0.4, 0.5) is 8.78 Å². The third-order valence-electron chi connectivity index (χ3n) is 5.39. The number of aryl methyl sites for hydroxylation is 1. The fraction of sp³-hybridized carbons (Fsp3) is 0.148. The number of nitrogens with zero attached hydrogens (tertiary/aromatic N) is 2. The monoisotopic (exact) mass is 474 g/mol. The number of halogens is 2. The minimum absolute atomic E-state index is 0.121. The number of rotatable bonds is 8. The Hall–Kier alpha value is -4.33. The predicted molar refractivity (Wildman–Crippen MR) is 129 cm³/mol. The molecular weight excluding hydrogens is 450 g/mol. The molecule has 0 bridgehead atoms. The van der Waals surface area contributed by atoms with Gasteiger partial charge < -0.3 is 10.6 Å². The lowest BCUT2D eigenvalue weighted by molar-refractivity contribution is -0.120. The Balaban J connectivity index is 1.42. The van der Waals surface area contributed by atoms with Gasteiger partial charge in [0.05, 0.1) is 17.7 Å². The van der Waals surface area contributed by atoms with Crippen LogP contribution in [-0.4, -0.2) is 34.7 Å². The highest BCUT2D eigenvalue weighted by Crippen LogP contribution is 2.24. The first-order valence-corrected chi connectivity index (χ1v) is 11.1. The van der Waals surface area contributed by atoms with Gasteiger partial charge in [-0.3, -0.25) is 9.59 Å². The van der Waals surface area contributed by atoms with Gasteiger partial charge in [0.2, 0.25) is 5.91 Å². The largest absolute Gasteiger partial charge is 0.354 e. The summed E-state index contributed by atoms with van der Waals surface area (Å²) in [5.41, 5.74) is 4.02. The van der Waals surface area contributed by atoms with Crippen LogP contribution in [0.25, 0.3) is 16.9 Å². The molecule has 2 N–H and O–H groups in total. The zero-order valence-electron chi connectivity index (χ0n) is 19.1. The molecule has 0 radical (unpaired) electrons. The Morgan fingerprint density at radius 2 is 1.43 bits per heavy atom. The van der Waals surface area contributed by atoms with E-state index in [4.69, 9.17) is 0 Å². The lowest BCUT2D eigenvalue weighted by Crippen LogP contribution is -2.35. The molecule has 0 atom stereocenters. The van der Waals surface area contributed by atoms with Crippen LogP contribution in [-0.2, 0) is 11.2 Å². The predicted octanol–water partition coefficient (Wildman–Crippen LogP) is 4.21. The quantitative estimate of drug-likeness (QED) is 0.376. The first-order chi connectivity index (χ1) is 16.9. The Labute approximate surface area is 201 Å². The van der Waals surface area contributed by atoms with Crippen molar-refractivity contribution in [2.24, 2.45) is 0 Å². The van der Waals surface area contributed by atoms with Gasteiger partial charge in [0, 0.05) is 24.8 Å². The number of amides is 2. The standard InChI is InChI=1S/C27H24F2N4O2/c1-18-2-6-20(7-3-18)26-24(17-33(32-26)23-12-10-22(29)11-13-23)27(35)31-15-14-30-25(34)16-19-4-8-21(28)9-5-19/h2-13,17H,14-16H2,1H3,(H,30,34)(H,31,35).